The lowest BCUT2D eigenvalue weighted by Gasteiger charge is -2.25. The summed E-state index contributed by atoms with van der Waals surface area (Å²) in [7, 11) is 1.50. The molecule has 1 unspecified atom stereocenters. The van der Waals surface area contributed by atoms with Crippen molar-refractivity contribution in [2.45, 2.75) is 32.7 Å². The molecule has 0 radical (unpaired) electrons. The molecule has 94 valence electrons. The second kappa shape index (κ2) is 4.99. The number of aryl methyl sites for hydroxylation is 1. The van der Waals surface area contributed by atoms with Crippen molar-refractivity contribution in [1.82, 2.24) is 9.97 Å². The zero-order valence-electron chi connectivity index (χ0n) is 10.4. The summed E-state index contributed by atoms with van der Waals surface area (Å²) in [5.41, 5.74) is -1.05. The summed E-state index contributed by atoms with van der Waals surface area (Å²) < 4.78 is 5.01. The molecule has 0 saturated carbocycles. The van der Waals surface area contributed by atoms with Crippen molar-refractivity contribution in [2.24, 2.45) is 0 Å². The highest BCUT2D eigenvalue weighted by Gasteiger charge is 2.31. The standard InChI is InChI=1S/C11H17N3O3/c1-5-11(3,10(15)16)14-8-6-9(17-4)13-7(2)12-8/h6H,5H2,1-4H3,(H,15,16)(H,12,13,14). The smallest absolute Gasteiger partial charge is 0.329 e. The topological polar surface area (TPSA) is 84.3 Å². The molecule has 0 aromatic carbocycles. The SMILES string of the molecule is CCC(C)(Nc1cc(OC)nc(C)n1)C(=O)O. The first kappa shape index (κ1) is 13.2. The third-order valence-electron chi connectivity index (χ3n) is 2.61. The average molecular weight is 239 g/mol. The summed E-state index contributed by atoms with van der Waals surface area (Å²) in [4.78, 5) is 19.3. The number of carboxylic acid groups (broad SMARTS) is 1. The largest absolute Gasteiger partial charge is 0.481 e. The van der Waals surface area contributed by atoms with Crippen molar-refractivity contribution >= 4 is 11.8 Å². The van der Waals surface area contributed by atoms with E-state index >= 15 is 0 Å². The molecule has 0 aliphatic heterocycles. The Labute approximate surface area is 100 Å². The number of nitrogens with one attached hydrogen (secondary N) is 1. The maximum absolute atomic E-state index is 11.2. The summed E-state index contributed by atoms with van der Waals surface area (Å²) in [6.45, 7) is 5.13. The third kappa shape index (κ3) is 3.05. The molecule has 1 atom stereocenters. The van der Waals surface area contributed by atoms with Gasteiger partial charge in [-0.15, -0.1) is 0 Å². The van der Waals surface area contributed by atoms with Crippen LogP contribution in [0.15, 0.2) is 6.07 Å². The molecular weight excluding hydrogens is 222 g/mol. The van der Waals surface area contributed by atoms with Gasteiger partial charge in [-0.05, 0) is 20.3 Å². The number of anilines is 1. The molecule has 1 aromatic rings. The minimum Gasteiger partial charge on any atom is -0.481 e. The predicted molar refractivity (Wildman–Crippen MR) is 63.3 cm³/mol. The van der Waals surface area contributed by atoms with Gasteiger partial charge in [-0.2, -0.15) is 4.98 Å². The van der Waals surface area contributed by atoms with Gasteiger partial charge in [0.25, 0.3) is 0 Å². The van der Waals surface area contributed by atoms with E-state index in [2.05, 4.69) is 15.3 Å². The Morgan fingerprint density at radius 2 is 2.24 bits per heavy atom. The lowest BCUT2D eigenvalue weighted by molar-refractivity contribution is -0.141. The number of aliphatic carboxylic acids is 1. The number of carboxylic acids is 1. The normalized spacial score (nSPS) is 13.9. The van der Waals surface area contributed by atoms with E-state index in [9.17, 15) is 4.79 Å². The van der Waals surface area contributed by atoms with Crippen LogP contribution in [0.2, 0.25) is 0 Å². The van der Waals surface area contributed by atoms with E-state index in [-0.39, 0.29) is 0 Å². The zero-order chi connectivity index (χ0) is 13.1. The Morgan fingerprint density at radius 1 is 1.59 bits per heavy atom. The Hall–Kier alpha value is -1.85. The van der Waals surface area contributed by atoms with E-state index < -0.39 is 11.5 Å². The fourth-order valence-electron chi connectivity index (χ4n) is 1.28. The molecule has 0 saturated heterocycles. The fraction of sp³-hybridized carbons (Fsp3) is 0.545. The molecule has 0 aliphatic carbocycles. The van der Waals surface area contributed by atoms with E-state index in [4.69, 9.17) is 9.84 Å². The maximum Gasteiger partial charge on any atom is 0.329 e. The molecule has 0 fully saturated rings. The molecule has 0 spiro atoms. The minimum absolute atomic E-state index is 0.406. The monoisotopic (exact) mass is 239 g/mol. The molecule has 1 heterocycles. The highest BCUT2D eigenvalue weighted by Crippen LogP contribution is 2.20. The van der Waals surface area contributed by atoms with Gasteiger partial charge >= 0.3 is 5.97 Å². The summed E-state index contributed by atoms with van der Waals surface area (Å²) in [5, 5.41) is 12.0. The number of rotatable bonds is 5. The van der Waals surface area contributed by atoms with Crippen LogP contribution >= 0.6 is 0 Å². The highest BCUT2D eigenvalue weighted by atomic mass is 16.5. The van der Waals surface area contributed by atoms with Crippen LogP contribution in [0.4, 0.5) is 5.82 Å². The van der Waals surface area contributed by atoms with Gasteiger partial charge in [0.05, 0.1) is 7.11 Å². The van der Waals surface area contributed by atoms with Crippen molar-refractivity contribution in [2.75, 3.05) is 12.4 Å². The zero-order valence-corrected chi connectivity index (χ0v) is 10.4. The second-order valence-electron chi connectivity index (χ2n) is 3.96. The van der Waals surface area contributed by atoms with E-state index in [0.717, 1.165) is 0 Å². The van der Waals surface area contributed by atoms with Gasteiger partial charge in [-0.3, -0.25) is 0 Å². The molecule has 1 rings (SSSR count). The molecule has 6 nitrogen and oxygen atoms in total. The van der Waals surface area contributed by atoms with Crippen LogP contribution in [0, 0.1) is 6.92 Å². The molecule has 0 amide bonds. The molecule has 2 N–H and O–H groups in total. The van der Waals surface area contributed by atoms with Gasteiger partial charge in [0.2, 0.25) is 5.88 Å². The van der Waals surface area contributed by atoms with Gasteiger partial charge in [-0.1, -0.05) is 6.92 Å². The Kier molecular flexibility index (Phi) is 3.88. The van der Waals surface area contributed by atoms with E-state index in [1.165, 1.54) is 7.11 Å². The Bertz CT molecular complexity index is 422. The number of carbonyl (C=O) groups is 1. The van der Waals surface area contributed by atoms with Crippen LogP contribution in [0.25, 0.3) is 0 Å². The van der Waals surface area contributed by atoms with Crippen LogP contribution in [-0.4, -0.2) is 33.7 Å². The first-order chi connectivity index (χ1) is 7.91. The number of hydrogen-bond acceptors (Lipinski definition) is 5. The van der Waals surface area contributed by atoms with Gasteiger partial charge in [0.15, 0.2) is 0 Å². The minimum atomic E-state index is -1.05. The maximum atomic E-state index is 11.2. The van der Waals surface area contributed by atoms with Gasteiger partial charge in [-0.25, -0.2) is 9.78 Å². The summed E-state index contributed by atoms with van der Waals surface area (Å²) in [6.07, 6.45) is 0.438. The quantitative estimate of drug-likeness (QED) is 0.809. The van der Waals surface area contributed by atoms with Gasteiger partial charge in [0.1, 0.15) is 17.2 Å². The van der Waals surface area contributed by atoms with E-state index in [0.29, 0.717) is 23.9 Å². The predicted octanol–water partition coefficient (Wildman–Crippen LogP) is 1.46. The summed E-state index contributed by atoms with van der Waals surface area (Å²) >= 11 is 0. The van der Waals surface area contributed by atoms with E-state index in [1.54, 1.807) is 26.8 Å². The first-order valence-corrected chi connectivity index (χ1v) is 5.32. The molecule has 1 aromatic heterocycles. The molecule has 0 bridgehead atoms. The molecule has 6 heteroatoms. The van der Waals surface area contributed by atoms with Crippen molar-refractivity contribution in [1.29, 1.82) is 0 Å². The molecule has 17 heavy (non-hydrogen) atoms. The van der Waals surface area contributed by atoms with E-state index in [1.807, 2.05) is 0 Å². The highest BCUT2D eigenvalue weighted by molar-refractivity contribution is 5.81. The number of aromatic nitrogens is 2. The first-order valence-electron chi connectivity index (χ1n) is 5.32. The number of methoxy groups -OCH3 is 1. The Balaban J connectivity index is 3.01. The summed E-state index contributed by atoms with van der Waals surface area (Å²) in [5.74, 6) is 0.455. The average Bonchev–Trinajstić information content (AvgIpc) is 2.27. The number of hydrogen-bond donors (Lipinski definition) is 2. The van der Waals surface area contributed by atoms with Crippen molar-refractivity contribution in [3.05, 3.63) is 11.9 Å². The molecular formula is C11H17N3O3. The van der Waals surface area contributed by atoms with Crippen LogP contribution in [0.3, 0.4) is 0 Å². The van der Waals surface area contributed by atoms with Crippen molar-refractivity contribution in [3.63, 3.8) is 0 Å². The third-order valence-corrected chi connectivity index (χ3v) is 2.61. The lowest BCUT2D eigenvalue weighted by atomic mass is 9.99. The van der Waals surface area contributed by atoms with Gasteiger partial charge < -0.3 is 15.2 Å². The van der Waals surface area contributed by atoms with Crippen LogP contribution in [-0.2, 0) is 4.79 Å². The molecule has 0 aliphatic rings. The lowest BCUT2D eigenvalue weighted by Crippen LogP contribution is -2.43. The van der Waals surface area contributed by atoms with Gasteiger partial charge in [0, 0.05) is 6.07 Å². The van der Waals surface area contributed by atoms with Crippen molar-refractivity contribution in [3.8, 4) is 5.88 Å². The summed E-state index contributed by atoms with van der Waals surface area (Å²) in [6, 6.07) is 1.57. The number of nitrogens with zero attached hydrogens (tertiary/aromatic N) is 2. The second-order valence-corrected chi connectivity index (χ2v) is 3.96. The number of ether oxygens (including phenoxy) is 1. The van der Waals surface area contributed by atoms with Crippen LogP contribution < -0.4 is 10.1 Å². The fourth-order valence-corrected chi connectivity index (χ4v) is 1.28. The van der Waals surface area contributed by atoms with Crippen LogP contribution in [0.5, 0.6) is 5.88 Å². The van der Waals surface area contributed by atoms with Crippen molar-refractivity contribution < 1.29 is 14.6 Å². The Morgan fingerprint density at radius 3 is 2.71 bits per heavy atom. The van der Waals surface area contributed by atoms with Crippen LogP contribution in [0.1, 0.15) is 26.1 Å².